The van der Waals surface area contributed by atoms with Gasteiger partial charge in [-0.05, 0) is 30.5 Å². The Labute approximate surface area is 93.6 Å². The van der Waals surface area contributed by atoms with Crippen LogP contribution in [0.3, 0.4) is 0 Å². The van der Waals surface area contributed by atoms with E-state index in [9.17, 15) is 9.90 Å². The number of carboxylic acids is 1. The predicted molar refractivity (Wildman–Crippen MR) is 58.8 cm³/mol. The number of carbonyl (C=O) groups is 1. The normalized spacial score (nSPS) is 22.9. The highest BCUT2D eigenvalue weighted by Gasteiger charge is 2.39. The lowest BCUT2D eigenvalue weighted by Gasteiger charge is -2.22. The lowest BCUT2D eigenvalue weighted by atomic mass is 9.80. The van der Waals surface area contributed by atoms with Gasteiger partial charge in [-0.2, -0.15) is 5.26 Å². The van der Waals surface area contributed by atoms with Gasteiger partial charge in [-0.1, -0.05) is 24.3 Å². The molecule has 16 heavy (non-hydrogen) atoms. The molecule has 1 aliphatic carbocycles. The summed E-state index contributed by atoms with van der Waals surface area (Å²) >= 11 is 0. The maximum absolute atomic E-state index is 11.4. The average Bonchev–Trinajstić information content (AvgIpc) is 2.79. The van der Waals surface area contributed by atoms with Gasteiger partial charge in [0, 0.05) is 0 Å². The van der Waals surface area contributed by atoms with Gasteiger partial charge in [-0.25, -0.2) is 0 Å². The van der Waals surface area contributed by atoms with Crippen molar-refractivity contribution in [2.75, 3.05) is 0 Å². The van der Waals surface area contributed by atoms with Gasteiger partial charge in [0.2, 0.25) is 0 Å². The molecule has 0 amide bonds. The Morgan fingerprint density at radius 2 is 2.06 bits per heavy atom. The molecule has 1 unspecified atom stereocenters. The molecule has 1 aromatic carbocycles. The van der Waals surface area contributed by atoms with Gasteiger partial charge >= 0.3 is 5.97 Å². The molecule has 1 aliphatic rings. The minimum Gasteiger partial charge on any atom is -0.480 e. The van der Waals surface area contributed by atoms with E-state index in [1.54, 1.807) is 30.3 Å². The van der Waals surface area contributed by atoms with Crippen molar-refractivity contribution in [3.05, 3.63) is 47.5 Å². The molecule has 0 bridgehead atoms. The fourth-order valence-corrected chi connectivity index (χ4v) is 2.06. The van der Waals surface area contributed by atoms with Crippen LogP contribution in [0.5, 0.6) is 0 Å². The third-order valence-corrected chi connectivity index (χ3v) is 3.02. The van der Waals surface area contributed by atoms with E-state index in [2.05, 4.69) is 0 Å². The molecule has 0 heterocycles. The number of rotatable bonds is 2. The van der Waals surface area contributed by atoms with Crippen LogP contribution in [-0.2, 0) is 10.2 Å². The van der Waals surface area contributed by atoms with E-state index in [-0.39, 0.29) is 0 Å². The molecule has 0 fully saturated rings. The second kappa shape index (κ2) is 3.82. The lowest BCUT2D eigenvalue weighted by molar-refractivity contribution is -0.141. The summed E-state index contributed by atoms with van der Waals surface area (Å²) in [5, 5.41) is 18.0. The van der Waals surface area contributed by atoms with E-state index < -0.39 is 11.4 Å². The Morgan fingerprint density at radius 1 is 1.38 bits per heavy atom. The molecule has 3 nitrogen and oxygen atoms in total. The summed E-state index contributed by atoms with van der Waals surface area (Å²) in [6.45, 7) is 0. The fraction of sp³-hybridized carbons (Fsp3) is 0.231. The van der Waals surface area contributed by atoms with Crippen molar-refractivity contribution in [3.8, 4) is 6.07 Å². The molecule has 0 spiro atoms. The molecular formula is C13H11NO2. The second-order valence-corrected chi connectivity index (χ2v) is 3.91. The first-order valence-corrected chi connectivity index (χ1v) is 5.11. The molecule has 0 aromatic heterocycles. The van der Waals surface area contributed by atoms with Crippen LogP contribution in [0.25, 0.3) is 0 Å². The van der Waals surface area contributed by atoms with Crippen molar-refractivity contribution < 1.29 is 9.90 Å². The van der Waals surface area contributed by atoms with Crippen LogP contribution in [-0.4, -0.2) is 11.1 Å². The maximum Gasteiger partial charge on any atom is 0.318 e. The molecule has 1 atom stereocenters. The first-order chi connectivity index (χ1) is 7.69. The molecule has 0 saturated carbocycles. The Kier molecular flexibility index (Phi) is 2.49. The molecule has 0 radical (unpaired) electrons. The van der Waals surface area contributed by atoms with E-state index >= 15 is 0 Å². The summed E-state index contributed by atoms with van der Waals surface area (Å²) in [7, 11) is 0. The summed E-state index contributed by atoms with van der Waals surface area (Å²) in [6, 6.07) is 8.79. The van der Waals surface area contributed by atoms with Crippen LogP contribution in [0.15, 0.2) is 36.4 Å². The van der Waals surface area contributed by atoms with Crippen molar-refractivity contribution in [2.24, 2.45) is 0 Å². The zero-order chi connectivity index (χ0) is 11.6. The van der Waals surface area contributed by atoms with Gasteiger partial charge in [0.05, 0.1) is 11.6 Å². The van der Waals surface area contributed by atoms with E-state index in [0.717, 1.165) is 12.0 Å². The van der Waals surface area contributed by atoms with Crippen LogP contribution in [0.2, 0.25) is 0 Å². The minimum atomic E-state index is -0.895. The van der Waals surface area contributed by atoms with E-state index in [1.165, 1.54) is 0 Å². The van der Waals surface area contributed by atoms with Gasteiger partial charge in [-0.3, -0.25) is 4.79 Å². The maximum atomic E-state index is 11.4. The number of nitriles is 1. The number of carboxylic acid groups (broad SMARTS) is 1. The number of hydrogen-bond donors (Lipinski definition) is 1. The van der Waals surface area contributed by atoms with Gasteiger partial charge in [-0.15, -0.1) is 0 Å². The standard InChI is InChI=1S/C13H11NO2/c14-9-10-3-5-11(6-4-10)13(12(15)16)7-1-2-8-13/h1,3-7H,2,8H2,(H,15,16). The summed E-state index contributed by atoms with van der Waals surface area (Å²) < 4.78 is 0. The largest absolute Gasteiger partial charge is 0.480 e. The molecule has 1 aromatic rings. The van der Waals surface area contributed by atoms with Gasteiger partial charge < -0.3 is 5.11 Å². The second-order valence-electron chi connectivity index (χ2n) is 3.91. The number of benzene rings is 1. The van der Waals surface area contributed by atoms with Crippen LogP contribution in [0.1, 0.15) is 24.0 Å². The van der Waals surface area contributed by atoms with Crippen molar-refractivity contribution in [1.29, 1.82) is 5.26 Å². The summed E-state index contributed by atoms with van der Waals surface area (Å²) in [6.07, 6.45) is 5.02. The lowest BCUT2D eigenvalue weighted by Crippen LogP contribution is -2.31. The summed E-state index contributed by atoms with van der Waals surface area (Å²) in [4.78, 5) is 11.4. The zero-order valence-electron chi connectivity index (χ0n) is 8.68. The molecule has 3 heteroatoms. The monoisotopic (exact) mass is 213 g/mol. The zero-order valence-corrected chi connectivity index (χ0v) is 8.68. The Morgan fingerprint density at radius 3 is 2.50 bits per heavy atom. The van der Waals surface area contributed by atoms with Gasteiger partial charge in [0.15, 0.2) is 0 Å². The minimum absolute atomic E-state index is 0.547. The third kappa shape index (κ3) is 1.49. The molecule has 0 aliphatic heterocycles. The van der Waals surface area contributed by atoms with Crippen molar-refractivity contribution in [3.63, 3.8) is 0 Å². The number of hydrogen-bond acceptors (Lipinski definition) is 2. The number of aliphatic carboxylic acids is 1. The van der Waals surface area contributed by atoms with E-state index in [4.69, 9.17) is 5.26 Å². The summed E-state index contributed by atoms with van der Waals surface area (Å²) in [5.41, 5.74) is 0.396. The predicted octanol–water partition coefficient (Wildman–Crippen LogP) is 2.23. The highest BCUT2D eigenvalue weighted by atomic mass is 16.4. The first-order valence-electron chi connectivity index (χ1n) is 5.11. The van der Waals surface area contributed by atoms with Crippen LogP contribution < -0.4 is 0 Å². The first kappa shape index (κ1) is 10.4. The Balaban J connectivity index is 2.45. The van der Waals surface area contributed by atoms with Crippen LogP contribution >= 0.6 is 0 Å². The fourth-order valence-electron chi connectivity index (χ4n) is 2.06. The third-order valence-electron chi connectivity index (χ3n) is 3.02. The highest BCUT2D eigenvalue weighted by molar-refractivity contribution is 5.84. The van der Waals surface area contributed by atoms with Gasteiger partial charge in [0.1, 0.15) is 5.41 Å². The Hall–Kier alpha value is -2.08. The average molecular weight is 213 g/mol. The SMILES string of the molecule is N#Cc1ccc(C2(C(=O)O)C=CCC2)cc1. The van der Waals surface area contributed by atoms with Crippen LogP contribution in [0.4, 0.5) is 0 Å². The smallest absolute Gasteiger partial charge is 0.318 e. The quantitative estimate of drug-likeness (QED) is 0.766. The van der Waals surface area contributed by atoms with Crippen molar-refractivity contribution in [2.45, 2.75) is 18.3 Å². The van der Waals surface area contributed by atoms with Crippen molar-refractivity contribution >= 4 is 5.97 Å². The molecule has 80 valence electrons. The molecular weight excluding hydrogens is 202 g/mol. The number of allylic oxidation sites excluding steroid dienone is 1. The molecule has 0 saturated heterocycles. The molecule has 1 N–H and O–H groups in total. The van der Waals surface area contributed by atoms with E-state index in [0.29, 0.717) is 12.0 Å². The summed E-state index contributed by atoms with van der Waals surface area (Å²) in [5.74, 6) is -0.828. The topological polar surface area (TPSA) is 61.1 Å². The van der Waals surface area contributed by atoms with Crippen molar-refractivity contribution in [1.82, 2.24) is 0 Å². The number of nitrogens with zero attached hydrogens (tertiary/aromatic N) is 1. The van der Waals surface area contributed by atoms with Crippen LogP contribution in [0, 0.1) is 11.3 Å². The molecule has 2 rings (SSSR count). The van der Waals surface area contributed by atoms with E-state index in [1.807, 2.05) is 12.1 Å². The Bertz CT molecular complexity index is 482. The highest BCUT2D eigenvalue weighted by Crippen LogP contribution is 2.36. The van der Waals surface area contributed by atoms with Gasteiger partial charge in [0.25, 0.3) is 0 Å².